The highest BCUT2D eigenvalue weighted by molar-refractivity contribution is 6.99. The summed E-state index contributed by atoms with van der Waals surface area (Å²) < 4.78 is 9.46. The Morgan fingerprint density at radius 1 is 0.596 bits per heavy atom. The zero-order chi connectivity index (χ0) is 33.2. The number of ether oxygens (including phenoxy) is 1. The Morgan fingerprint density at radius 3 is 1.89 bits per heavy atom. The summed E-state index contributed by atoms with van der Waals surface area (Å²) in [5.41, 5.74) is 14.2. The molecule has 0 aliphatic carbocycles. The Bertz CT molecular complexity index is 2330. The van der Waals surface area contributed by atoms with Gasteiger partial charge in [0.15, 0.2) is 0 Å². The highest BCUT2D eigenvalue weighted by Crippen LogP contribution is 2.42. The molecular formula is C43H41BN2O. The number of nitrogens with zero attached hydrogens (tertiary/aromatic N) is 2. The van der Waals surface area contributed by atoms with Crippen molar-refractivity contribution in [3.8, 4) is 34.4 Å². The fraction of sp³-hybridized carbons (Fsp3) is 0.279. The molecule has 2 aliphatic heterocycles. The van der Waals surface area contributed by atoms with E-state index in [1.54, 1.807) is 0 Å². The van der Waals surface area contributed by atoms with Gasteiger partial charge in [-0.05, 0) is 109 Å². The molecule has 4 heteroatoms. The summed E-state index contributed by atoms with van der Waals surface area (Å²) in [6, 6.07) is 33.5. The molecule has 0 atom stereocenters. The Hall–Kier alpha value is -4.75. The van der Waals surface area contributed by atoms with Crippen LogP contribution in [0.15, 0.2) is 84.9 Å². The lowest BCUT2D eigenvalue weighted by atomic mass is 9.34. The number of rotatable bonds is 1. The van der Waals surface area contributed by atoms with E-state index in [-0.39, 0.29) is 23.0 Å². The first-order valence-corrected chi connectivity index (χ1v) is 16.8. The second-order valence-electron chi connectivity index (χ2n) is 16.7. The summed E-state index contributed by atoms with van der Waals surface area (Å²) in [5, 5.41) is 12.1. The Morgan fingerprint density at radius 2 is 1.23 bits per heavy atom. The summed E-state index contributed by atoms with van der Waals surface area (Å²) in [4.78, 5) is 0. The topological polar surface area (TPSA) is 37.9 Å². The third-order valence-electron chi connectivity index (χ3n) is 10.3. The molecule has 2 aliphatic rings. The van der Waals surface area contributed by atoms with E-state index in [9.17, 15) is 5.26 Å². The summed E-state index contributed by atoms with van der Waals surface area (Å²) in [6.45, 7) is 20.7. The number of benzene rings is 5. The van der Waals surface area contributed by atoms with Crippen LogP contribution in [0.5, 0.6) is 11.5 Å². The molecule has 0 N–H and O–H groups in total. The molecule has 232 valence electrons. The van der Waals surface area contributed by atoms with Crippen molar-refractivity contribution in [1.29, 1.82) is 5.26 Å². The molecule has 8 rings (SSSR count). The van der Waals surface area contributed by atoms with E-state index in [1.165, 1.54) is 54.9 Å². The second kappa shape index (κ2) is 9.64. The van der Waals surface area contributed by atoms with Crippen LogP contribution in [-0.4, -0.2) is 11.3 Å². The molecule has 0 unspecified atom stereocenters. The molecule has 0 saturated carbocycles. The SMILES string of the molecule is CC(C)(C)c1ccc2c(c1)Oc1cc(-c3ccc(C#N)cc3)cc3c1B2c1cc(C(C)(C)C)cc2c4cc(C(C)(C)C)ccc4n-3c12. The van der Waals surface area contributed by atoms with Crippen LogP contribution >= 0.6 is 0 Å². The summed E-state index contributed by atoms with van der Waals surface area (Å²) in [7, 11) is 0. The van der Waals surface area contributed by atoms with Crippen molar-refractivity contribution in [3.63, 3.8) is 0 Å². The molecule has 1 aromatic heterocycles. The first-order valence-electron chi connectivity index (χ1n) is 16.8. The quantitative estimate of drug-likeness (QED) is 0.173. The molecule has 0 saturated heterocycles. The minimum atomic E-state index is -0.0204. The lowest BCUT2D eigenvalue weighted by molar-refractivity contribution is 0.483. The van der Waals surface area contributed by atoms with E-state index in [2.05, 4.69) is 134 Å². The molecule has 5 aromatic carbocycles. The van der Waals surface area contributed by atoms with Crippen LogP contribution in [0.4, 0.5) is 0 Å². The van der Waals surface area contributed by atoms with Crippen molar-refractivity contribution in [1.82, 2.24) is 4.57 Å². The summed E-state index contributed by atoms with van der Waals surface area (Å²) in [5.74, 6) is 1.84. The van der Waals surface area contributed by atoms with E-state index >= 15 is 0 Å². The average molecular weight is 613 g/mol. The minimum absolute atomic E-state index is 0.00265. The number of hydrogen-bond donors (Lipinski definition) is 0. The van der Waals surface area contributed by atoms with Gasteiger partial charge in [0.2, 0.25) is 0 Å². The van der Waals surface area contributed by atoms with E-state index < -0.39 is 0 Å². The van der Waals surface area contributed by atoms with Crippen molar-refractivity contribution in [3.05, 3.63) is 107 Å². The summed E-state index contributed by atoms with van der Waals surface area (Å²) >= 11 is 0. The van der Waals surface area contributed by atoms with Gasteiger partial charge in [0.25, 0.3) is 6.71 Å². The maximum absolute atomic E-state index is 9.47. The molecule has 0 radical (unpaired) electrons. The first kappa shape index (κ1) is 29.6. The third-order valence-corrected chi connectivity index (χ3v) is 10.3. The van der Waals surface area contributed by atoms with Gasteiger partial charge >= 0.3 is 0 Å². The molecule has 3 nitrogen and oxygen atoms in total. The largest absolute Gasteiger partial charge is 0.458 e. The van der Waals surface area contributed by atoms with Gasteiger partial charge in [-0.25, -0.2) is 0 Å². The highest BCUT2D eigenvalue weighted by Gasteiger charge is 2.42. The van der Waals surface area contributed by atoms with Gasteiger partial charge in [0.05, 0.1) is 17.1 Å². The van der Waals surface area contributed by atoms with Crippen LogP contribution in [0, 0.1) is 11.3 Å². The van der Waals surface area contributed by atoms with E-state index in [0.29, 0.717) is 5.56 Å². The van der Waals surface area contributed by atoms with Crippen LogP contribution < -0.4 is 21.1 Å². The van der Waals surface area contributed by atoms with Gasteiger partial charge in [0.1, 0.15) is 11.5 Å². The van der Waals surface area contributed by atoms with Crippen LogP contribution in [0.25, 0.3) is 38.6 Å². The van der Waals surface area contributed by atoms with Crippen molar-refractivity contribution in [2.75, 3.05) is 0 Å². The maximum atomic E-state index is 9.47. The number of nitriles is 1. The highest BCUT2D eigenvalue weighted by atomic mass is 16.5. The fourth-order valence-electron chi connectivity index (χ4n) is 7.55. The molecule has 6 aromatic rings. The number of fused-ring (bicyclic) bond motifs is 7. The summed E-state index contributed by atoms with van der Waals surface area (Å²) in [6.07, 6.45) is 0. The van der Waals surface area contributed by atoms with Crippen molar-refractivity contribution in [2.45, 2.75) is 78.6 Å². The van der Waals surface area contributed by atoms with Crippen LogP contribution in [-0.2, 0) is 16.2 Å². The van der Waals surface area contributed by atoms with Crippen molar-refractivity contribution >= 4 is 44.9 Å². The third kappa shape index (κ3) is 4.47. The predicted molar refractivity (Wildman–Crippen MR) is 198 cm³/mol. The Balaban J connectivity index is 1.53. The molecule has 0 spiro atoms. The van der Waals surface area contributed by atoms with Gasteiger partial charge < -0.3 is 9.30 Å². The Labute approximate surface area is 278 Å². The molecule has 47 heavy (non-hydrogen) atoms. The number of aromatic nitrogens is 1. The maximum Gasteiger partial charge on any atom is 0.256 e. The predicted octanol–water partition coefficient (Wildman–Crippen LogP) is 9.15. The zero-order valence-corrected chi connectivity index (χ0v) is 29.0. The lowest BCUT2D eigenvalue weighted by Gasteiger charge is -2.35. The van der Waals surface area contributed by atoms with Crippen molar-refractivity contribution < 1.29 is 4.74 Å². The minimum Gasteiger partial charge on any atom is -0.458 e. The number of hydrogen-bond acceptors (Lipinski definition) is 2. The smallest absolute Gasteiger partial charge is 0.256 e. The normalized spacial score (nSPS) is 13.7. The standard InChI is InChI=1S/C43H41BN2O/c1-41(2,3)28-15-17-35-31(20-28)32-21-30(43(7,8)9)22-34-40(32)46(35)36-18-27(26-12-10-25(24-45)11-13-26)19-38-39(36)44(34)33-16-14-29(42(4,5)6)23-37(33)47-38/h10-23H,1-9H3. The lowest BCUT2D eigenvalue weighted by Crippen LogP contribution is -2.58. The first-order chi connectivity index (χ1) is 22.1. The monoisotopic (exact) mass is 612 g/mol. The zero-order valence-electron chi connectivity index (χ0n) is 29.0. The molecule has 0 amide bonds. The van der Waals surface area contributed by atoms with Gasteiger partial charge in [-0.1, -0.05) is 98.7 Å². The molecular weight excluding hydrogens is 571 g/mol. The fourth-order valence-corrected chi connectivity index (χ4v) is 7.55. The van der Waals surface area contributed by atoms with Gasteiger partial charge in [-0.2, -0.15) is 5.26 Å². The Kier molecular flexibility index (Phi) is 6.08. The molecule has 0 bridgehead atoms. The molecule has 3 heterocycles. The van der Waals surface area contributed by atoms with Gasteiger partial charge in [-0.3, -0.25) is 0 Å². The van der Waals surface area contributed by atoms with E-state index in [0.717, 1.165) is 28.3 Å². The van der Waals surface area contributed by atoms with Crippen LogP contribution in [0.3, 0.4) is 0 Å². The van der Waals surface area contributed by atoms with Crippen LogP contribution in [0.1, 0.15) is 84.6 Å². The van der Waals surface area contributed by atoms with Crippen LogP contribution in [0.2, 0.25) is 0 Å². The van der Waals surface area contributed by atoms with Gasteiger partial charge in [-0.15, -0.1) is 0 Å². The average Bonchev–Trinajstić information content (AvgIpc) is 3.35. The van der Waals surface area contributed by atoms with E-state index in [1.807, 2.05) is 24.3 Å². The molecule has 0 fully saturated rings. The second-order valence-corrected chi connectivity index (χ2v) is 16.7. The van der Waals surface area contributed by atoms with Gasteiger partial charge in [0, 0.05) is 22.0 Å². The van der Waals surface area contributed by atoms with Crippen molar-refractivity contribution in [2.24, 2.45) is 0 Å². The van der Waals surface area contributed by atoms with E-state index in [4.69, 9.17) is 4.74 Å².